The fourth-order valence-electron chi connectivity index (χ4n) is 3.22. The van der Waals surface area contributed by atoms with Crippen molar-refractivity contribution in [3.05, 3.63) is 11.3 Å². The van der Waals surface area contributed by atoms with Crippen LogP contribution in [0.3, 0.4) is 0 Å². The normalized spacial score (nSPS) is 23.5. The molecule has 0 amide bonds. The maximum atomic E-state index is 13.4. The van der Waals surface area contributed by atoms with Crippen LogP contribution in [0.15, 0.2) is 0 Å². The quantitative estimate of drug-likeness (QED) is 0.799. The summed E-state index contributed by atoms with van der Waals surface area (Å²) in [5, 5.41) is 12.9. The summed E-state index contributed by atoms with van der Waals surface area (Å²) < 4.78 is 72.6. The highest BCUT2D eigenvalue weighted by Gasteiger charge is 2.46. The summed E-state index contributed by atoms with van der Waals surface area (Å²) in [6, 6.07) is 0. The van der Waals surface area contributed by atoms with Gasteiger partial charge in [-0.25, -0.2) is 13.6 Å². The molecule has 0 aromatic carbocycles. The van der Waals surface area contributed by atoms with E-state index in [9.17, 15) is 31.9 Å². The molecule has 0 radical (unpaired) electrons. The summed E-state index contributed by atoms with van der Waals surface area (Å²) in [4.78, 5) is 11.4. The van der Waals surface area contributed by atoms with E-state index in [1.165, 1.54) is 0 Å². The first-order chi connectivity index (χ1) is 11.6. The van der Waals surface area contributed by atoms with Gasteiger partial charge in [0.05, 0.1) is 0 Å². The highest BCUT2D eigenvalue weighted by atomic mass is 19.4. The zero-order valence-corrected chi connectivity index (χ0v) is 13.2. The van der Waals surface area contributed by atoms with Gasteiger partial charge in [0.25, 0.3) is 0 Å². The smallest absolute Gasteiger partial charge is 0.424 e. The van der Waals surface area contributed by atoms with Crippen molar-refractivity contribution in [2.24, 2.45) is 5.92 Å². The SMILES string of the molecule is O=C(O)c1c(C(F)(F)F)c(OC2CCC2)nn1CC1CCC(F)(F)C1. The molecule has 1 N–H and O–H groups in total. The second-order valence-electron chi connectivity index (χ2n) is 6.65. The van der Waals surface area contributed by atoms with E-state index in [-0.39, 0.29) is 19.4 Å². The molecule has 1 unspecified atom stereocenters. The number of halogens is 5. The molecule has 0 aliphatic heterocycles. The van der Waals surface area contributed by atoms with Crippen molar-refractivity contribution in [2.75, 3.05) is 0 Å². The van der Waals surface area contributed by atoms with Gasteiger partial charge in [-0.2, -0.15) is 13.2 Å². The van der Waals surface area contributed by atoms with E-state index in [4.69, 9.17) is 4.74 Å². The number of hydrogen-bond acceptors (Lipinski definition) is 3. The minimum atomic E-state index is -4.97. The number of carboxylic acid groups (broad SMARTS) is 1. The second-order valence-corrected chi connectivity index (χ2v) is 6.65. The van der Waals surface area contributed by atoms with E-state index in [0.717, 1.165) is 6.42 Å². The Kier molecular flexibility index (Phi) is 4.40. The third kappa shape index (κ3) is 3.72. The molecule has 2 aliphatic carbocycles. The number of nitrogens with zero attached hydrogens (tertiary/aromatic N) is 2. The van der Waals surface area contributed by atoms with Crippen molar-refractivity contribution in [2.45, 2.75) is 63.3 Å². The number of aromatic nitrogens is 2. The molecule has 1 aromatic rings. The van der Waals surface area contributed by atoms with Gasteiger partial charge in [0.2, 0.25) is 11.8 Å². The average molecular weight is 368 g/mol. The number of alkyl halides is 5. The maximum absolute atomic E-state index is 13.4. The molecule has 1 atom stereocenters. The van der Waals surface area contributed by atoms with Crippen molar-refractivity contribution >= 4 is 5.97 Å². The number of hydrogen-bond donors (Lipinski definition) is 1. The third-order valence-electron chi connectivity index (χ3n) is 4.67. The van der Waals surface area contributed by atoms with Crippen LogP contribution in [0.2, 0.25) is 0 Å². The van der Waals surface area contributed by atoms with Gasteiger partial charge in [0.1, 0.15) is 6.10 Å². The lowest BCUT2D eigenvalue weighted by molar-refractivity contribution is -0.140. The predicted octanol–water partition coefficient (Wildman–Crippen LogP) is 3.97. The van der Waals surface area contributed by atoms with Crippen molar-refractivity contribution in [1.82, 2.24) is 9.78 Å². The van der Waals surface area contributed by atoms with Crippen LogP contribution in [0, 0.1) is 5.92 Å². The fraction of sp³-hybridized carbons (Fsp3) is 0.733. The Bertz CT molecular complexity index is 667. The Hall–Kier alpha value is -1.87. The van der Waals surface area contributed by atoms with Gasteiger partial charge in [-0.15, -0.1) is 5.10 Å². The topological polar surface area (TPSA) is 64.3 Å². The average Bonchev–Trinajstić information content (AvgIpc) is 2.94. The third-order valence-corrected chi connectivity index (χ3v) is 4.67. The van der Waals surface area contributed by atoms with Crippen molar-refractivity contribution in [3.8, 4) is 5.88 Å². The minimum Gasteiger partial charge on any atom is -0.477 e. The minimum absolute atomic E-state index is 0.103. The zero-order valence-electron chi connectivity index (χ0n) is 13.2. The van der Waals surface area contributed by atoms with Gasteiger partial charge in [0, 0.05) is 19.4 Å². The van der Waals surface area contributed by atoms with Crippen LogP contribution < -0.4 is 4.74 Å². The molecule has 2 saturated carbocycles. The summed E-state index contributed by atoms with van der Waals surface area (Å²) in [7, 11) is 0. The van der Waals surface area contributed by atoms with E-state index in [1.807, 2.05) is 0 Å². The Balaban J connectivity index is 1.94. The first-order valence-electron chi connectivity index (χ1n) is 8.02. The van der Waals surface area contributed by atoms with Crippen LogP contribution in [-0.2, 0) is 12.7 Å². The summed E-state index contributed by atoms with van der Waals surface area (Å²) in [6.45, 7) is -0.311. The molecule has 0 saturated heterocycles. The van der Waals surface area contributed by atoms with Crippen LogP contribution >= 0.6 is 0 Å². The summed E-state index contributed by atoms with van der Waals surface area (Å²) in [5.41, 5.74) is -2.51. The summed E-state index contributed by atoms with van der Waals surface area (Å²) in [5.74, 6) is -6.10. The summed E-state index contributed by atoms with van der Waals surface area (Å²) >= 11 is 0. The van der Waals surface area contributed by atoms with Crippen molar-refractivity contribution < 1.29 is 36.6 Å². The fourth-order valence-corrected chi connectivity index (χ4v) is 3.22. The molecule has 25 heavy (non-hydrogen) atoms. The van der Waals surface area contributed by atoms with E-state index in [2.05, 4.69) is 5.10 Å². The Morgan fingerprint density at radius 1 is 1.32 bits per heavy atom. The Morgan fingerprint density at radius 2 is 2.00 bits per heavy atom. The molecular formula is C15H17F5N2O3. The van der Waals surface area contributed by atoms with Crippen LogP contribution in [-0.4, -0.2) is 32.9 Å². The van der Waals surface area contributed by atoms with Gasteiger partial charge < -0.3 is 9.84 Å². The predicted molar refractivity (Wildman–Crippen MR) is 74.7 cm³/mol. The number of aromatic carboxylic acids is 1. The van der Waals surface area contributed by atoms with Gasteiger partial charge >= 0.3 is 12.1 Å². The number of carbonyl (C=O) groups is 1. The van der Waals surface area contributed by atoms with E-state index < -0.39 is 53.6 Å². The van der Waals surface area contributed by atoms with Gasteiger partial charge in [-0.3, -0.25) is 4.68 Å². The molecule has 1 heterocycles. The van der Waals surface area contributed by atoms with Crippen molar-refractivity contribution in [1.29, 1.82) is 0 Å². The highest BCUT2D eigenvalue weighted by molar-refractivity contribution is 5.88. The Morgan fingerprint density at radius 3 is 2.44 bits per heavy atom. The lowest BCUT2D eigenvalue weighted by atomic mass is 9.96. The number of carboxylic acids is 1. The van der Waals surface area contributed by atoms with Crippen LogP contribution in [0.5, 0.6) is 5.88 Å². The van der Waals surface area contributed by atoms with Crippen LogP contribution in [0.25, 0.3) is 0 Å². The number of ether oxygens (including phenoxy) is 1. The maximum Gasteiger partial charge on any atom is 0.424 e. The lowest BCUT2D eigenvalue weighted by Gasteiger charge is -2.25. The van der Waals surface area contributed by atoms with E-state index in [0.29, 0.717) is 17.5 Å². The molecule has 5 nitrogen and oxygen atoms in total. The standard InChI is InChI=1S/C15H17F5N2O3/c16-14(17)5-4-8(6-14)7-22-11(13(23)24)10(15(18,19)20)12(21-22)25-9-2-1-3-9/h8-9H,1-7H2,(H,23,24). The molecule has 2 fully saturated rings. The lowest BCUT2D eigenvalue weighted by Crippen LogP contribution is -2.26. The van der Waals surface area contributed by atoms with Gasteiger partial charge in [0.15, 0.2) is 11.3 Å². The molecular weight excluding hydrogens is 351 g/mol. The van der Waals surface area contributed by atoms with Crippen molar-refractivity contribution in [3.63, 3.8) is 0 Å². The summed E-state index contributed by atoms with van der Waals surface area (Å²) in [6.07, 6.45) is -4.19. The monoisotopic (exact) mass is 368 g/mol. The molecule has 0 spiro atoms. The first-order valence-corrected chi connectivity index (χ1v) is 8.02. The molecule has 0 bridgehead atoms. The van der Waals surface area contributed by atoms with Crippen LogP contribution in [0.4, 0.5) is 22.0 Å². The Labute approximate surface area is 139 Å². The molecule has 140 valence electrons. The van der Waals surface area contributed by atoms with Gasteiger partial charge in [-0.05, 0) is 31.6 Å². The second kappa shape index (κ2) is 6.14. The highest BCUT2D eigenvalue weighted by Crippen LogP contribution is 2.43. The van der Waals surface area contributed by atoms with E-state index >= 15 is 0 Å². The zero-order chi connectivity index (χ0) is 18.4. The molecule has 10 heteroatoms. The molecule has 2 aliphatic rings. The van der Waals surface area contributed by atoms with Gasteiger partial charge in [-0.1, -0.05) is 0 Å². The molecule has 3 rings (SSSR count). The van der Waals surface area contributed by atoms with E-state index in [1.54, 1.807) is 0 Å². The largest absolute Gasteiger partial charge is 0.477 e. The molecule has 1 aromatic heterocycles. The van der Waals surface area contributed by atoms with Crippen LogP contribution in [0.1, 0.15) is 54.6 Å². The number of rotatable bonds is 5. The first kappa shape index (κ1) is 17.9.